The molecular weight excluding hydrogens is 366 g/mol. The highest BCUT2D eigenvalue weighted by Gasteiger charge is 2.38. The van der Waals surface area contributed by atoms with Crippen molar-refractivity contribution < 1.29 is 4.74 Å². The molecule has 0 fully saturated rings. The highest BCUT2D eigenvalue weighted by molar-refractivity contribution is 5.83. The monoisotopic (exact) mass is 397 g/mol. The quantitative estimate of drug-likeness (QED) is 0.327. The van der Waals surface area contributed by atoms with E-state index in [1.165, 1.54) is 46.8 Å². The first-order valence-electron chi connectivity index (χ1n) is 11.5. The average Bonchev–Trinajstić information content (AvgIpc) is 3.28. The van der Waals surface area contributed by atoms with Crippen LogP contribution in [0.25, 0.3) is 10.8 Å². The Balaban J connectivity index is 1.38. The number of benzene rings is 3. The summed E-state index contributed by atoms with van der Waals surface area (Å²) in [6.07, 6.45) is 10.8. The van der Waals surface area contributed by atoms with E-state index in [0.717, 1.165) is 25.2 Å². The summed E-state index contributed by atoms with van der Waals surface area (Å²) in [6.45, 7) is 3.06. The molecule has 1 heterocycles. The summed E-state index contributed by atoms with van der Waals surface area (Å²) in [4.78, 5) is 0. The minimum atomic E-state index is 0.336. The predicted octanol–water partition coefficient (Wildman–Crippen LogP) is 7.63. The van der Waals surface area contributed by atoms with Crippen molar-refractivity contribution in [2.24, 2.45) is 5.92 Å². The molecule has 1 aliphatic carbocycles. The Hall–Kier alpha value is -2.74. The third-order valence-electron chi connectivity index (χ3n) is 6.73. The summed E-state index contributed by atoms with van der Waals surface area (Å²) in [7, 11) is 0. The molecule has 0 saturated carbocycles. The number of unbranched alkanes of at least 4 members (excludes halogenated alkanes) is 3. The Morgan fingerprint density at radius 1 is 0.933 bits per heavy atom. The number of anilines is 1. The van der Waals surface area contributed by atoms with Crippen molar-refractivity contribution in [1.29, 1.82) is 0 Å². The number of rotatable bonds is 7. The molecule has 2 aliphatic rings. The van der Waals surface area contributed by atoms with Crippen molar-refractivity contribution in [1.82, 2.24) is 0 Å². The summed E-state index contributed by atoms with van der Waals surface area (Å²) in [5.41, 5.74) is 4.02. The van der Waals surface area contributed by atoms with Crippen LogP contribution < -0.4 is 10.1 Å². The zero-order valence-corrected chi connectivity index (χ0v) is 17.8. The molecular formula is C28H31NO. The second-order valence-electron chi connectivity index (χ2n) is 8.74. The number of nitrogens with one attached hydrogen (secondary N) is 1. The van der Waals surface area contributed by atoms with E-state index in [4.69, 9.17) is 4.74 Å². The molecule has 154 valence electrons. The lowest BCUT2D eigenvalue weighted by Crippen LogP contribution is -2.29. The Bertz CT molecular complexity index is 1050. The smallest absolute Gasteiger partial charge is 0.119 e. The second kappa shape index (κ2) is 8.55. The maximum absolute atomic E-state index is 6.07. The van der Waals surface area contributed by atoms with Crippen LogP contribution in [0.2, 0.25) is 0 Å². The molecule has 5 rings (SSSR count). The summed E-state index contributed by atoms with van der Waals surface area (Å²) < 4.78 is 6.07. The van der Waals surface area contributed by atoms with E-state index >= 15 is 0 Å². The largest absolute Gasteiger partial charge is 0.494 e. The van der Waals surface area contributed by atoms with E-state index in [9.17, 15) is 0 Å². The third-order valence-corrected chi connectivity index (χ3v) is 6.73. The van der Waals surface area contributed by atoms with Crippen molar-refractivity contribution in [3.63, 3.8) is 0 Å². The van der Waals surface area contributed by atoms with Gasteiger partial charge in [-0.05, 0) is 64.9 Å². The van der Waals surface area contributed by atoms with Crippen molar-refractivity contribution in [3.05, 3.63) is 83.9 Å². The van der Waals surface area contributed by atoms with Crippen molar-refractivity contribution in [2.45, 2.75) is 51.0 Å². The number of hydrogen-bond donors (Lipinski definition) is 1. The van der Waals surface area contributed by atoms with Gasteiger partial charge >= 0.3 is 0 Å². The van der Waals surface area contributed by atoms with Gasteiger partial charge in [-0.25, -0.2) is 0 Å². The van der Waals surface area contributed by atoms with Crippen LogP contribution in [0.5, 0.6) is 5.75 Å². The molecule has 1 aliphatic heterocycles. The molecule has 30 heavy (non-hydrogen) atoms. The molecule has 0 spiro atoms. The number of fused-ring (bicyclic) bond motifs is 4. The molecule has 0 radical (unpaired) electrons. The minimum absolute atomic E-state index is 0.336. The maximum Gasteiger partial charge on any atom is 0.119 e. The summed E-state index contributed by atoms with van der Waals surface area (Å²) in [6, 6.07) is 22.5. The summed E-state index contributed by atoms with van der Waals surface area (Å²) in [5, 5.41) is 6.49. The van der Waals surface area contributed by atoms with Crippen LogP contribution in [0, 0.1) is 5.92 Å². The lowest BCUT2D eigenvalue weighted by molar-refractivity contribution is 0.304. The molecule has 1 N–H and O–H groups in total. The first kappa shape index (κ1) is 19.2. The number of hydrogen-bond acceptors (Lipinski definition) is 2. The van der Waals surface area contributed by atoms with Crippen molar-refractivity contribution in [2.75, 3.05) is 11.9 Å². The fourth-order valence-electron chi connectivity index (χ4n) is 5.11. The fraction of sp³-hybridized carbons (Fsp3) is 0.357. The SMILES string of the molecule is CCCCCCOc1ccc2c(c1)C1C=CCC1C(c1ccc3ccccc3c1)N2. The first-order chi connectivity index (χ1) is 14.8. The molecule has 3 aromatic rings. The van der Waals surface area contributed by atoms with E-state index in [-0.39, 0.29) is 0 Å². The Kier molecular flexibility index (Phi) is 5.48. The summed E-state index contributed by atoms with van der Waals surface area (Å²) in [5.74, 6) is 2.02. The molecule has 3 atom stereocenters. The average molecular weight is 398 g/mol. The van der Waals surface area contributed by atoms with Crippen LogP contribution in [-0.2, 0) is 0 Å². The van der Waals surface area contributed by atoms with E-state index in [0.29, 0.717) is 17.9 Å². The highest BCUT2D eigenvalue weighted by Crippen LogP contribution is 2.50. The van der Waals surface area contributed by atoms with Crippen molar-refractivity contribution >= 4 is 16.5 Å². The maximum atomic E-state index is 6.07. The normalized spacial score (nSPS) is 21.8. The van der Waals surface area contributed by atoms with Gasteiger partial charge in [0.15, 0.2) is 0 Å². The standard InChI is InChI=1S/C28H31NO/c1-2-3-4-7-17-30-23-15-16-27-26(19-23)24-11-8-12-25(24)28(29-27)22-14-13-20-9-5-6-10-21(20)18-22/h5-6,8-11,13-16,18-19,24-25,28-29H,2-4,7,12,17H2,1H3. The van der Waals surface area contributed by atoms with Crippen molar-refractivity contribution in [3.8, 4) is 5.75 Å². The van der Waals surface area contributed by atoms with Crippen LogP contribution >= 0.6 is 0 Å². The Morgan fingerprint density at radius 3 is 2.73 bits per heavy atom. The van der Waals surface area contributed by atoms with Gasteiger partial charge in [-0.1, -0.05) is 74.7 Å². The lowest BCUT2D eigenvalue weighted by Gasteiger charge is -2.37. The van der Waals surface area contributed by atoms with Gasteiger partial charge in [0.1, 0.15) is 5.75 Å². The van der Waals surface area contributed by atoms with Gasteiger partial charge in [0.2, 0.25) is 0 Å². The van der Waals surface area contributed by atoms with Gasteiger partial charge in [-0.3, -0.25) is 0 Å². The Labute approximate surface area is 180 Å². The molecule has 2 heteroatoms. The fourth-order valence-corrected chi connectivity index (χ4v) is 5.11. The van der Waals surface area contributed by atoms with Crippen LogP contribution in [0.3, 0.4) is 0 Å². The van der Waals surface area contributed by atoms with Crippen LogP contribution in [-0.4, -0.2) is 6.61 Å². The number of ether oxygens (including phenoxy) is 1. The van der Waals surface area contributed by atoms with Crippen LogP contribution in [0.1, 0.15) is 62.1 Å². The highest BCUT2D eigenvalue weighted by atomic mass is 16.5. The predicted molar refractivity (Wildman–Crippen MR) is 126 cm³/mol. The topological polar surface area (TPSA) is 21.3 Å². The minimum Gasteiger partial charge on any atom is -0.494 e. The second-order valence-corrected chi connectivity index (χ2v) is 8.74. The zero-order valence-electron chi connectivity index (χ0n) is 17.8. The molecule has 0 amide bonds. The van der Waals surface area contributed by atoms with Gasteiger partial charge in [0.05, 0.1) is 12.6 Å². The van der Waals surface area contributed by atoms with Gasteiger partial charge in [-0.15, -0.1) is 0 Å². The van der Waals surface area contributed by atoms with E-state index < -0.39 is 0 Å². The van der Waals surface area contributed by atoms with Gasteiger partial charge in [0, 0.05) is 11.6 Å². The molecule has 3 aromatic carbocycles. The Morgan fingerprint density at radius 2 is 1.83 bits per heavy atom. The molecule has 0 bridgehead atoms. The van der Waals surface area contributed by atoms with Gasteiger partial charge < -0.3 is 10.1 Å². The molecule has 2 nitrogen and oxygen atoms in total. The third kappa shape index (κ3) is 3.71. The van der Waals surface area contributed by atoms with E-state index in [2.05, 4.69) is 85.1 Å². The van der Waals surface area contributed by atoms with Gasteiger partial charge in [0.25, 0.3) is 0 Å². The van der Waals surface area contributed by atoms with Crippen LogP contribution in [0.15, 0.2) is 72.8 Å². The molecule has 0 saturated heterocycles. The molecule has 0 aromatic heterocycles. The van der Waals surface area contributed by atoms with Crippen LogP contribution in [0.4, 0.5) is 5.69 Å². The summed E-state index contributed by atoms with van der Waals surface area (Å²) >= 11 is 0. The zero-order chi connectivity index (χ0) is 20.3. The van der Waals surface area contributed by atoms with E-state index in [1.807, 2.05) is 0 Å². The van der Waals surface area contributed by atoms with Gasteiger partial charge in [-0.2, -0.15) is 0 Å². The van der Waals surface area contributed by atoms with E-state index in [1.54, 1.807) is 0 Å². The number of allylic oxidation sites excluding steroid dienone is 2. The first-order valence-corrected chi connectivity index (χ1v) is 11.5. The molecule has 3 unspecified atom stereocenters. The lowest BCUT2D eigenvalue weighted by atomic mass is 9.77.